The van der Waals surface area contributed by atoms with Gasteiger partial charge in [-0.15, -0.1) is 0 Å². The molecule has 0 fully saturated rings. The molecule has 0 aliphatic heterocycles. The van der Waals surface area contributed by atoms with Crippen molar-refractivity contribution in [3.05, 3.63) is 63.5 Å². The van der Waals surface area contributed by atoms with Crippen LogP contribution in [0.2, 0.25) is 0 Å². The molecule has 0 saturated carbocycles. The fourth-order valence-electron chi connectivity index (χ4n) is 2.91. The van der Waals surface area contributed by atoms with Crippen LogP contribution in [-0.4, -0.2) is 50.1 Å². The van der Waals surface area contributed by atoms with E-state index >= 15 is 0 Å². The van der Waals surface area contributed by atoms with Gasteiger partial charge in [0.1, 0.15) is 11.4 Å². The van der Waals surface area contributed by atoms with Gasteiger partial charge in [-0.25, -0.2) is 4.39 Å². The lowest BCUT2D eigenvalue weighted by Gasteiger charge is -2.25. The molecule has 8 nitrogen and oxygen atoms in total. The number of ether oxygens (including phenoxy) is 2. The zero-order valence-corrected chi connectivity index (χ0v) is 16.8. The first-order valence-electron chi connectivity index (χ1n) is 8.97. The van der Waals surface area contributed by atoms with Gasteiger partial charge in [0.15, 0.2) is 11.5 Å². The fourth-order valence-corrected chi connectivity index (χ4v) is 2.91. The van der Waals surface area contributed by atoms with E-state index in [2.05, 4.69) is 5.32 Å². The van der Waals surface area contributed by atoms with Crippen LogP contribution >= 0.6 is 0 Å². The maximum Gasteiger partial charge on any atom is 0.286 e. The van der Waals surface area contributed by atoms with Crippen molar-refractivity contribution in [3.63, 3.8) is 0 Å². The summed E-state index contributed by atoms with van der Waals surface area (Å²) < 4.78 is 24.1. The Kier molecular flexibility index (Phi) is 7.49. The average Bonchev–Trinajstić information content (AvgIpc) is 2.67. The molecule has 0 aliphatic carbocycles. The molecule has 0 aliphatic rings. The highest BCUT2D eigenvalue weighted by molar-refractivity contribution is 5.99. The lowest BCUT2D eigenvalue weighted by atomic mass is 10.1. The Balaban J connectivity index is 2.30. The Morgan fingerprint density at radius 3 is 2.55 bits per heavy atom. The number of methoxy groups -OCH3 is 1. The summed E-state index contributed by atoms with van der Waals surface area (Å²) in [7, 11) is 4.96. The van der Waals surface area contributed by atoms with Crippen molar-refractivity contribution in [1.82, 2.24) is 10.2 Å². The zero-order chi connectivity index (χ0) is 21.6. The molecule has 0 radical (unpaired) electrons. The first kappa shape index (κ1) is 22.1. The molecule has 0 saturated heterocycles. The van der Waals surface area contributed by atoms with Gasteiger partial charge in [0.05, 0.1) is 30.7 Å². The number of nitro benzene ring substituents is 1. The summed E-state index contributed by atoms with van der Waals surface area (Å²) in [5.41, 5.74) is 0.139. The van der Waals surface area contributed by atoms with Crippen LogP contribution in [0, 0.1) is 15.9 Å². The van der Waals surface area contributed by atoms with Gasteiger partial charge in [0, 0.05) is 12.6 Å². The summed E-state index contributed by atoms with van der Waals surface area (Å²) in [5, 5.41) is 14.1. The molecule has 1 N–H and O–H groups in total. The number of carbonyl (C=O) groups is 1. The van der Waals surface area contributed by atoms with E-state index in [0.29, 0.717) is 12.2 Å². The number of nitrogens with one attached hydrogen (secondary N) is 1. The maximum absolute atomic E-state index is 13.6. The highest BCUT2D eigenvalue weighted by Gasteiger charge is 2.25. The molecule has 1 amide bonds. The van der Waals surface area contributed by atoms with Gasteiger partial charge in [-0.2, -0.15) is 0 Å². The van der Waals surface area contributed by atoms with Crippen LogP contribution in [0.5, 0.6) is 11.5 Å². The molecule has 2 rings (SSSR count). The summed E-state index contributed by atoms with van der Waals surface area (Å²) in [6, 6.07) is 8.20. The topological polar surface area (TPSA) is 93.9 Å². The molecule has 2 aromatic carbocycles. The van der Waals surface area contributed by atoms with Crippen molar-refractivity contribution in [2.24, 2.45) is 0 Å². The normalized spacial score (nSPS) is 11.8. The second-order valence-electron chi connectivity index (χ2n) is 6.45. The van der Waals surface area contributed by atoms with Crippen LogP contribution in [0.25, 0.3) is 0 Å². The Hall–Kier alpha value is -3.20. The summed E-state index contributed by atoms with van der Waals surface area (Å²) in [6.45, 7) is 2.18. The molecule has 2 aromatic rings. The van der Waals surface area contributed by atoms with Gasteiger partial charge in [-0.3, -0.25) is 14.9 Å². The number of halogens is 1. The van der Waals surface area contributed by atoms with E-state index in [-0.39, 0.29) is 35.5 Å². The van der Waals surface area contributed by atoms with Gasteiger partial charge < -0.3 is 19.7 Å². The molecular formula is C20H24FN3O5. The Labute approximate surface area is 168 Å². The van der Waals surface area contributed by atoms with Crippen LogP contribution in [0.4, 0.5) is 10.1 Å². The van der Waals surface area contributed by atoms with Gasteiger partial charge in [-0.05, 0) is 38.7 Å². The smallest absolute Gasteiger partial charge is 0.286 e. The molecular weight excluding hydrogens is 381 g/mol. The van der Waals surface area contributed by atoms with Gasteiger partial charge in [0.25, 0.3) is 11.6 Å². The molecule has 156 valence electrons. The van der Waals surface area contributed by atoms with Crippen LogP contribution in [0.15, 0.2) is 36.4 Å². The molecule has 0 unspecified atom stereocenters. The van der Waals surface area contributed by atoms with Crippen LogP contribution < -0.4 is 14.8 Å². The number of likely N-dealkylation sites (N-methyl/N-ethyl adjacent to an activating group) is 1. The minimum absolute atomic E-state index is 0.127. The van der Waals surface area contributed by atoms with Crippen molar-refractivity contribution in [3.8, 4) is 11.5 Å². The number of hydrogen-bond acceptors (Lipinski definition) is 6. The number of carbonyl (C=O) groups excluding carboxylic acids is 1. The molecule has 0 bridgehead atoms. The Morgan fingerprint density at radius 2 is 2.00 bits per heavy atom. The number of benzene rings is 2. The van der Waals surface area contributed by atoms with Crippen molar-refractivity contribution < 1.29 is 23.6 Å². The number of amides is 1. The first-order valence-corrected chi connectivity index (χ1v) is 8.97. The van der Waals surface area contributed by atoms with Crippen LogP contribution in [0.1, 0.15) is 28.9 Å². The predicted octanol–water partition coefficient (Wildman–Crippen LogP) is 3.17. The SMILES string of the molecule is CCOc1cc(C(=O)NC[C@H](c2cccc(F)c2)N(C)C)c([N+](=O)[O-])cc1OC. The summed E-state index contributed by atoms with van der Waals surface area (Å²) in [5.74, 6) is -0.613. The standard InChI is InChI=1S/C20H24FN3O5/c1-5-29-19-10-15(16(24(26)27)11-18(19)28-4)20(25)22-12-17(23(2)3)13-7-6-8-14(21)9-13/h6-11,17H,5,12H2,1-4H3,(H,22,25)/t17-/m1/s1. The predicted molar refractivity (Wildman–Crippen MR) is 106 cm³/mol. The number of nitro groups is 1. The number of rotatable bonds is 9. The summed E-state index contributed by atoms with van der Waals surface area (Å²) in [6.07, 6.45) is 0. The fraction of sp³-hybridized carbons (Fsp3) is 0.350. The third kappa shape index (κ3) is 5.41. The van der Waals surface area contributed by atoms with Gasteiger partial charge >= 0.3 is 0 Å². The summed E-state index contributed by atoms with van der Waals surface area (Å²) in [4.78, 5) is 25.4. The van der Waals surface area contributed by atoms with Gasteiger partial charge in [-0.1, -0.05) is 12.1 Å². The van der Waals surface area contributed by atoms with Crippen molar-refractivity contribution in [1.29, 1.82) is 0 Å². The van der Waals surface area contributed by atoms with E-state index in [1.807, 2.05) is 4.90 Å². The highest BCUT2D eigenvalue weighted by atomic mass is 19.1. The van der Waals surface area contributed by atoms with E-state index in [9.17, 15) is 19.3 Å². The van der Waals surface area contributed by atoms with Gasteiger partial charge in [0.2, 0.25) is 0 Å². The third-order valence-corrected chi connectivity index (χ3v) is 4.34. The highest BCUT2D eigenvalue weighted by Crippen LogP contribution is 2.34. The monoisotopic (exact) mass is 405 g/mol. The minimum Gasteiger partial charge on any atom is -0.493 e. The molecule has 0 aromatic heterocycles. The molecule has 0 spiro atoms. The largest absolute Gasteiger partial charge is 0.493 e. The lowest BCUT2D eigenvalue weighted by molar-refractivity contribution is -0.385. The second-order valence-corrected chi connectivity index (χ2v) is 6.45. The van der Waals surface area contributed by atoms with Crippen LogP contribution in [0.3, 0.4) is 0 Å². The Bertz CT molecular complexity index is 888. The minimum atomic E-state index is -0.650. The summed E-state index contributed by atoms with van der Waals surface area (Å²) >= 11 is 0. The number of nitrogens with zero attached hydrogens (tertiary/aromatic N) is 2. The number of hydrogen-bond donors (Lipinski definition) is 1. The van der Waals surface area contributed by atoms with Crippen molar-refractivity contribution >= 4 is 11.6 Å². The second kappa shape index (κ2) is 9.83. The lowest BCUT2D eigenvalue weighted by Crippen LogP contribution is -2.34. The van der Waals surface area contributed by atoms with E-state index in [0.717, 1.165) is 6.07 Å². The van der Waals surface area contributed by atoms with E-state index in [1.54, 1.807) is 33.2 Å². The van der Waals surface area contributed by atoms with Crippen LogP contribution in [-0.2, 0) is 0 Å². The average molecular weight is 405 g/mol. The molecule has 1 atom stereocenters. The quantitative estimate of drug-likeness (QED) is 0.509. The molecule has 0 heterocycles. The zero-order valence-electron chi connectivity index (χ0n) is 16.8. The van der Waals surface area contributed by atoms with Crippen molar-refractivity contribution in [2.45, 2.75) is 13.0 Å². The third-order valence-electron chi connectivity index (χ3n) is 4.34. The molecule has 29 heavy (non-hydrogen) atoms. The Morgan fingerprint density at radius 1 is 1.28 bits per heavy atom. The molecule has 9 heteroatoms. The van der Waals surface area contributed by atoms with Crippen molar-refractivity contribution in [2.75, 3.05) is 34.4 Å². The van der Waals surface area contributed by atoms with E-state index in [1.165, 1.54) is 25.3 Å². The van der Waals surface area contributed by atoms with E-state index in [4.69, 9.17) is 9.47 Å². The maximum atomic E-state index is 13.6. The first-order chi connectivity index (χ1) is 13.8. The van der Waals surface area contributed by atoms with E-state index < -0.39 is 16.5 Å².